The van der Waals surface area contributed by atoms with Crippen molar-refractivity contribution in [1.29, 1.82) is 0 Å². The maximum atomic E-state index is 11.7. The number of esters is 1. The molecule has 0 aromatic rings. The number of hydrogen-bond acceptors (Lipinski definition) is 4. The fourth-order valence-electron chi connectivity index (χ4n) is 1.72. The lowest BCUT2D eigenvalue weighted by molar-refractivity contribution is -0.169. The van der Waals surface area contributed by atoms with Crippen LogP contribution in [-0.4, -0.2) is 23.6 Å². The molecular formula is C9H19O5P. The summed E-state index contributed by atoms with van der Waals surface area (Å²) in [6, 6.07) is 0. The van der Waals surface area contributed by atoms with Crippen molar-refractivity contribution in [1.82, 2.24) is 0 Å². The Morgan fingerprint density at radius 1 is 1.27 bits per heavy atom. The largest absolute Gasteiger partial charge is 0.467 e. The number of rotatable bonds is 5. The molecule has 90 valence electrons. The summed E-state index contributed by atoms with van der Waals surface area (Å²) in [4.78, 5) is 20.5. The van der Waals surface area contributed by atoms with Gasteiger partial charge in [0.05, 0.1) is 7.11 Å². The summed E-state index contributed by atoms with van der Waals surface area (Å²) in [5.74, 6) is -1.10. The highest BCUT2D eigenvalue weighted by atomic mass is 31.1. The molecule has 0 aromatic carbocycles. The zero-order chi connectivity index (χ0) is 12.2. The molecule has 0 fully saturated rings. The van der Waals surface area contributed by atoms with Crippen LogP contribution in [0.3, 0.4) is 0 Å². The maximum absolute atomic E-state index is 11.7. The van der Waals surface area contributed by atoms with Crippen LogP contribution in [0.2, 0.25) is 0 Å². The van der Waals surface area contributed by atoms with Crippen LogP contribution in [-0.2, 0) is 18.6 Å². The van der Waals surface area contributed by atoms with E-state index in [1.165, 1.54) is 7.11 Å². The van der Waals surface area contributed by atoms with Crippen molar-refractivity contribution in [2.45, 2.75) is 33.3 Å². The highest BCUT2D eigenvalue weighted by Crippen LogP contribution is 2.38. The van der Waals surface area contributed by atoms with Crippen molar-refractivity contribution in [2.24, 2.45) is 11.8 Å². The standard InChI is InChI=1S/C9H19O5P/c1-6(2)9(7(3)4,8(10)13-5)14-15(11)12/h6-7,15H,1-5H3,(H,11,12). The molecule has 1 N–H and O–H groups in total. The molecule has 0 aliphatic heterocycles. The minimum atomic E-state index is -3.19. The molecule has 1 unspecified atom stereocenters. The molecule has 0 rings (SSSR count). The first kappa shape index (κ1) is 14.6. The summed E-state index contributed by atoms with van der Waals surface area (Å²) in [7, 11) is -1.95. The molecule has 0 aliphatic rings. The van der Waals surface area contributed by atoms with E-state index >= 15 is 0 Å². The smallest absolute Gasteiger partial charge is 0.339 e. The van der Waals surface area contributed by atoms with Gasteiger partial charge < -0.3 is 9.63 Å². The third-order valence-corrected chi connectivity index (χ3v) is 2.99. The summed E-state index contributed by atoms with van der Waals surface area (Å²) in [6.45, 7) is 7.01. The second-order valence-corrected chi connectivity index (χ2v) is 4.70. The SMILES string of the molecule is COC(=O)C(O[PH](=O)O)(C(C)C)C(C)C. The average Bonchev–Trinajstić information content (AvgIpc) is 2.11. The first-order valence-electron chi connectivity index (χ1n) is 4.79. The number of ether oxygens (including phenoxy) is 1. The van der Waals surface area contributed by atoms with Crippen LogP contribution in [0.1, 0.15) is 27.7 Å². The van der Waals surface area contributed by atoms with Crippen molar-refractivity contribution in [2.75, 3.05) is 7.11 Å². The van der Waals surface area contributed by atoms with Gasteiger partial charge in [0.1, 0.15) is 0 Å². The zero-order valence-electron chi connectivity index (χ0n) is 9.73. The van der Waals surface area contributed by atoms with E-state index in [1.807, 2.05) is 0 Å². The van der Waals surface area contributed by atoms with Gasteiger partial charge in [-0.05, 0) is 11.8 Å². The number of carbonyl (C=O) groups is 1. The van der Waals surface area contributed by atoms with E-state index in [9.17, 15) is 9.36 Å². The number of hydrogen-bond donors (Lipinski definition) is 1. The highest BCUT2D eigenvalue weighted by Gasteiger charge is 2.48. The van der Waals surface area contributed by atoms with Gasteiger partial charge in [0, 0.05) is 0 Å². The molecule has 1 atom stereocenters. The van der Waals surface area contributed by atoms with Crippen molar-refractivity contribution in [3.8, 4) is 0 Å². The Morgan fingerprint density at radius 2 is 1.67 bits per heavy atom. The van der Waals surface area contributed by atoms with Crippen LogP contribution in [0.4, 0.5) is 0 Å². The van der Waals surface area contributed by atoms with Crippen LogP contribution < -0.4 is 0 Å². The highest BCUT2D eigenvalue weighted by molar-refractivity contribution is 7.32. The van der Waals surface area contributed by atoms with Gasteiger partial charge in [-0.15, -0.1) is 0 Å². The molecular weight excluding hydrogens is 219 g/mol. The molecule has 0 saturated heterocycles. The molecule has 0 aliphatic carbocycles. The summed E-state index contributed by atoms with van der Waals surface area (Å²) in [6.07, 6.45) is 0. The fraction of sp³-hybridized carbons (Fsp3) is 0.889. The van der Waals surface area contributed by atoms with E-state index in [0.29, 0.717) is 0 Å². The molecule has 0 heterocycles. The third kappa shape index (κ3) is 3.03. The summed E-state index contributed by atoms with van der Waals surface area (Å²) in [5.41, 5.74) is -1.35. The van der Waals surface area contributed by atoms with Gasteiger partial charge in [-0.2, -0.15) is 0 Å². The third-order valence-electron chi connectivity index (χ3n) is 2.48. The summed E-state index contributed by atoms with van der Waals surface area (Å²) < 4.78 is 20.4. The topological polar surface area (TPSA) is 72.8 Å². The number of carbonyl (C=O) groups excluding carboxylic acids is 1. The van der Waals surface area contributed by atoms with Gasteiger partial charge in [-0.3, -0.25) is 9.09 Å². The van der Waals surface area contributed by atoms with Gasteiger partial charge in [-0.25, -0.2) is 4.79 Å². The molecule has 6 heteroatoms. The minimum absolute atomic E-state index is 0.244. The van der Waals surface area contributed by atoms with Crippen LogP contribution in [0.5, 0.6) is 0 Å². The van der Waals surface area contributed by atoms with Crippen LogP contribution in [0.15, 0.2) is 0 Å². The first-order valence-corrected chi connectivity index (χ1v) is 6.05. The first-order chi connectivity index (χ1) is 6.78. The van der Waals surface area contributed by atoms with Gasteiger partial charge in [0.25, 0.3) is 0 Å². The molecule has 5 nitrogen and oxygen atoms in total. The molecule has 0 bridgehead atoms. The summed E-state index contributed by atoms with van der Waals surface area (Å²) in [5, 5.41) is 0. The Labute approximate surface area is 90.7 Å². The van der Waals surface area contributed by atoms with Crippen molar-refractivity contribution >= 4 is 14.2 Å². The monoisotopic (exact) mass is 238 g/mol. The summed E-state index contributed by atoms with van der Waals surface area (Å²) >= 11 is 0. The molecule has 0 radical (unpaired) electrons. The molecule has 0 spiro atoms. The zero-order valence-corrected chi connectivity index (χ0v) is 10.7. The van der Waals surface area contributed by atoms with E-state index in [0.717, 1.165) is 0 Å². The Kier molecular flexibility index (Phi) is 5.49. The van der Waals surface area contributed by atoms with Crippen LogP contribution in [0, 0.1) is 11.8 Å². The molecule has 0 aromatic heterocycles. The molecule has 0 amide bonds. The Balaban J connectivity index is 5.26. The van der Waals surface area contributed by atoms with E-state index in [1.54, 1.807) is 27.7 Å². The lowest BCUT2D eigenvalue weighted by Gasteiger charge is -2.36. The van der Waals surface area contributed by atoms with E-state index in [-0.39, 0.29) is 11.8 Å². The van der Waals surface area contributed by atoms with Gasteiger partial charge in [0.15, 0.2) is 5.60 Å². The normalized spacial score (nSPS) is 14.4. The van der Waals surface area contributed by atoms with Gasteiger partial charge in [-0.1, -0.05) is 27.7 Å². The van der Waals surface area contributed by atoms with Crippen molar-refractivity contribution in [3.05, 3.63) is 0 Å². The van der Waals surface area contributed by atoms with Crippen molar-refractivity contribution in [3.63, 3.8) is 0 Å². The maximum Gasteiger partial charge on any atom is 0.339 e. The van der Waals surface area contributed by atoms with Gasteiger partial charge >= 0.3 is 14.2 Å². The fourth-order valence-corrected chi connectivity index (χ4v) is 2.56. The molecule has 15 heavy (non-hydrogen) atoms. The number of methoxy groups -OCH3 is 1. The average molecular weight is 238 g/mol. The van der Waals surface area contributed by atoms with Crippen molar-refractivity contribution < 1.29 is 23.5 Å². The Morgan fingerprint density at radius 3 is 1.87 bits per heavy atom. The van der Waals surface area contributed by atoms with Gasteiger partial charge in [0.2, 0.25) is 0 Å². The van der Waals surface area contributed by atoms with E-state index in [2.05, 4.69) is 4.74 Å². The predicted molar refractivity (Wildman–Crippen MR) is 56.7 cm³/mol. The Bertz CT molecular complexity index is 241. The Hall–Kier alpha value is -0.380. The molecule has 0 saturated carbocycles. The van der Waals surface area contributed by atoms with Crippen LogP contribution in [0.25, 0.3) is 0 Å². The van der Waals surface area contributed by atoms with Crippen LogP contribution >= 0.6 is 8.25 Å². The lowest BCUT2D eigenvalue weighted by Crippen LogP contribution is -2.50. The minimum Gasteiger partial charge on any atom is -0.467 e. The van der Waals surface area contributed by atoms with E-state index in [4.69, 9.17) is 9.42 Å². The van der Waals surface area contributed by atoms with E-state index < -0.39 is 19.8 Å². The lowest BCUT2D eigenvalue weighted by atomic mass is 9.80. The second kappa shape index (κ2) is 5.64. The predicted octanol–water partition coefficient (Wildman–Crippen LogP) is 1.61. The second-order valence-electron chi connectivity index (χ2n) is 3.96. The quantitative estimate of drug-likeness (QED) is 0.581.